The molecule has 2 aromatic carbocycles. The summed E-state index contributed by atoms with van der Waals surface area (Å²) in [5.41, 5.74) is 0.616. The molecule has 0 atom stereocenters. The zero-order valence-corrected chi connectivity index (χ0v) is 14.3. The molecule has 3 rings (SSSR count). The summed E-state index contributed by atoms with van der Waals surface area (Å²) in [4.78, 5) is 37.0. The fourth-order valence-corrected chi connectivity index (χ4v) is 2.80. The van der Waals surface area contributed by atoms with Crippen molar-refractivity contribution in [2.24, 2.45) is 0 Å². The first-order valence-corrected chi connectivity index (χ1v) is 8.01. The van der Waals surface area contributed by atoms with Crippen LogP contribution in [0.25, 0.3) is 11.0 Å². The highest BCUT2D eigenvalue weighted by Gasteiger charge is 2.19. The standard InChI is InChI=1S/C17H15N5O5/c1-11-19-15-4-2-3-5-16(15)20(11)7-6-18-17(23)12-8-13(21(24)25)10-14(9-12)22(26)27/h2-5,8-10H,6-7H2,1H3,(H,18,23). The number of nitrogens with one attached hydrogen (secondary N) is 1. The Morgan fingerprint density at radius 2 is 1.74 bits per heavy atom. The molecule has 0 aliphatic rings. The molecule has 27 heavy (non-hydrogen) atoms. The molecule has 0 aliphatic carbocycles. The Bertz CT molecular complexity index is 1030. The average Bonchev–Trinajstić information content (AvgIpc) is 2.96. The van der Waals surface area contributed by atoms with Crippen molar-refractivity contribution < 1.29 is 14.6 Å². The van der Waals surface area contributed by atoms with Crippen LogP contribution in [0.5, 0.6) is 0 Å². The summed E-state index contributed by atoms with van der Waals surface area (Å²) < 4.78 is 1.94. The van der Waals surface area contributed by atoms with E-state index in [-0.39, 0.29) is 12.1 Å². The van der Waals surface area contributed by atoms with E-state index in [1.807, 2.05) is 35.8 Å². The van der Waals surface area contributed by atoms with E-state index in [2.05, 4.69) is 10.3 Å². The number of nitro benzene ring substituents is 2. The SMILES string of the molecule is Cc1nc2ccccc2n1CCNC(=O)c1cc([N+](=O)[O-])cc([N+](=O)[O-])c1. The summed E-state index contributed by atoms with van der Waals surface area (Å²) in [5, 5.41) is 24.5. The molecule has 1 N–H and O–H groups in total. The molecule has 3 aromatic rings. The first kappa shape index (κ1) is 18.0. The maximum absolute atomic E-state index is 12.3. The lowest BCUT2D eigenvalue weighted by Crippen LogP contribution is -2.27. The number of amides is 1. The van der Waals surface area contributed by atoms with Gasteiger partial charge >= 0.3 is 0 Å². The highest BCUT2D eigenvalue weighted by molar-refractivity contribution is 5.95. The minimum absolute atomic E-state index is 0.136. The van der Waals surface area contributed by atoms with E-state index in [1.165, 1.54) is 0 Å². The normalized spacial score (nSPS) is 10.7. The van der Waals surface area contributed by atoms with Gasteiger partial charge in [0.1, 0.15) is 5.82 Å². The number of nitro groups is 2. The minimum Gasteiger partial charge on any atom is -0.350 e. The third kappa shape index (κ3) is 3.73. The first-order chi connectivity index (χ1) is 12.9. The Balaban J connectivity index is 1.75. The molecule has 0 saturated carbocycles. The fraction of sp³-hybridized carbons (Fsp3) is 0.176. The number of benzene rings is 2. The molecule has 0 spiro atoms. The predicted molar refractivity (Wildman–Crippen MR) is 96.6 cm³/mol. The maximum Gasteiger partial charge on any atom is 0.277 e. The fourth-order valence-electron chi connectivity index (χ4n) is 2.80. The predicted octanol–water partition coefficient (Wildman–Crippen LogP) is 2.59. The number of hydrogen-bond acceptors (Lipinski definition) is 6. The number of nitrogens with zero attached hydrogens (tertiary/aromatic N) is 4. The van der Waals surface area contributed by atoms with Gasteiger partial charge in [0.25, 0.3) is 17.3 Å². The number of carbonyl (C=O) groups is 1. The molecule has 0 fully saturated rings. The number of imidazole rings is 1. The molecular formula is C17H15N5O5. The summed E-state index contributed by atoms with van der Waals surface area (Å²) in [6.45, 7) is 2.53. The Kier molecular flexibility index (Phi) is 4.79. The van der Waals surface area contributed by atoms with Crippen LogP contribution >= 0.6 is 0 Å². The van der Waals surface area contributed by atoms with Crippen LogP contribution in [0.3, 0.4) is 0 Å². The van der Waals surface area contributed by atoms with Gasteiger partial charge in [-0.05, 0) is 19.1 Å². The number of hydrogen-bond donors (Lipinski definition) is 1. The number of non-ortho nitro benzene ring substituents is 2. The van der Waals surface area contributed by atoms with Gasteiger partial charge in [-0.25, -0.2) is 4.98 Å². The highest BCUT2D eigenvalue weighted by Crippen LogP contribution is 2.22. The molecule has 10 heteroatoms. The number of aromatic nitrogens is 2. The van der Waals surface area contributed by atoms with Gasteiger partial charge in [-0.2, -0.15) is 0 Å². The van der Waals surface area contributed by atoms with Gasteiger partial charge in [-0.3, -0.25) is 25.0 Å². The van der Waals surface area contributed by atoms with Crippen LogP contribution in [0, 0.1) is 27.2 Å². The van der Waals surface area contributed by atoms with E-state index in [0.29, 0.717) is 6.54 Å². The van der Waals surface area contributed by atoms with Crippen LogP contribution in [0.2, 0.25) is 0 Å². The zero-order valence-electron chi connectivity index (χ0n) is 14.3. The summed E-state index contributed by atoms with van der Waals surface area (Å²) in [5.74, 6) is 0.167. The van der Waals surface area contributed by atoms with Crippen LogP contribution in [-0.2, 0) is 6.54 Å². The van der Waals surface area contributed by atoms with Crippen molar-refractivity contribution in [3.8, 4) is 0 Å². The molecule has 0 aliphatic heterocycles. The molecule has 1 amide bonds. The molecular weight excluding hydrogens is 354 g/mol. The van der Waals surface area contributed by atoms with Crippen LogP contribution in [0.4, 0.5) is 11.4 Å². The van der Waals surface area contributed by atoms with Crippen molar-refractivity contribution in [2.45, 2.75) is 13.5 Å². The van der Waals surface area contributed by atoms with Crippen molar-refractivity contribution in [2.75, 3.05) is 6.54 Å². The smallest absolute Gasteiger partial charge is 0.277 e. The quantitative estimate of drug-likeness (QED) is 0.524. The van der Waals surface area contributed by atoms with Crippen LogP contribution in [-0.4, -0.2) is 31.8 Å². The van der Waals surface area contributed by atoms with Crippen LogP contribution < -0.4 is 5.32 Å². The van der Waals surface area contributed by atoms with Gasteiger partial charge < -0.3 is 9.88 Å². The van der Waals surface area contributed by atoms with E-state index >= 15 is 0 Å². The van der Waals surface area contributed by atoms with E-state index in [9.17, 15) is 25.0 Å². The average molecular weight is 369 g/mol. The largest absolute Gasteiger partial charge is 0.350 e. The van der Waals surface area contributed by atoms with Gasteiger partial charge in [0.2, 0.25) is 0 Å². The molecule has 10 nitrogen and oxygen atoms in total. The Hall–Kier alpha value is -3.82. The van der Waals surface area contributed by atoms with Crippen molar-refractivity contribution in [1.82, 2.24) is 14.9 Å². The van der Waals surface area contributed by atoms with Crippen molar-refractivity contribution in [3.05, 3.63) is 74.1 Å². The summed E-state index contributed by atoms with van der Waals surface area (Å²) >= 11 is 0. The molecule has 0 radical (unpaired) electrons. The molecule has 0 bridgehead atoms. The van der Waals surface area contributed by atoms with Crippen molar-refractivity contribution >= 4 is 28.3 Å². The molecule has 0 saturated heterocycles. The summed E-state index contributed by atoms with van der Waals surface area (Å²) in [6.07, 6.45) is 0. The first-order valence-electron chi connectivity index (χ1n) is 8.01. The number of aryl methyl sites for hydroxylation is 1. The van der Waals surface area contributed by atoms with E-state index in [4.69, 9.17) is 0 Å². The molecule has 1 heterocycles. The number of fused-ring (bicyclic) bond motifs is 1. The van der Waals surface area contributed by atoms with Crippen molar-refractivity contribution in [1.29, 1.82) is 0 Å². The van der Waals surface area contributed by atoms with E-state index < -0.39 is 27.1 Å². The van der Waals surface area contributed by atoms with Gasteiger partial charge in [0.15, 0.2) is 0 Å². The molecule has 1 aromatic heterocycles. The van der Waals surface area contributed by atoms with Gasteiger partial charge in [0.05, 0.1) is 32.5 Å². The second-order valence-electron chi connectivity index (χ2n) is 5.81. The van der Waals surface area contributed by atoms with Crippen LogP contribution in [0.15, 0.2) is 42.5 Å². The van der Waals surface area contributed by atoms with Gasteiger partial charge in [-0.1, -0.05) is 12.1 Å². The third-order valence-corrected chi connectivity index (χ3v) is 4.05. The molecule has 0 unspecified atom stereocenters. The topological polar surface area (TPSA) is 133 Å². The van der Waals surface area contributed by atoms with E-state index in [1.54, 1.807) is 0 Å². The third-order valence-electron chi connectivity index (χ3n) is 4.05. The van der Waals surface area contributed by atoms with Gasteiger partial charge in [0, 0.05) is 25.2 Å². The number of para-hydroxylation sites is 2. The van der Waals surface area contributed by atoms with E-state index in [0.717, 1.165) is 35.1 Å². The maximum atomic E-state index is 12.3. The summed E-state index contributed by atoms with van der Waals surface area (Å²) in [6, 6.07) is 10.4. The second kappa shape index (κ2) is 7.20. The second-order valence-corrected chi connectivity index (χ2v) is 5.81. The summed E-state index contributed by atoms with van der Waals surface area (Å²) in [7, 11) is 0. The van der Waals surface area contributed by atoms with Gasteiger partial charge in [-0.15, -0.1) is 0 Å². The minimum atomic E-state index is -0.773. The lowest BCUT2D eigenvalue weighted by atomic mass is 10.1. The number of carbonyl (C=O) groups excluding carboxylic acids is 1. The lowest BCUT2D eigenvalue weighted by Gasteiger charge is -2.09. The Labute approximate surface area is 152 Å². The lowest BCUT2D eigenvalue weighted by molar-refractivity contribution is -0.394. The molecule has 138 valence electrons. The highest BCUT2D eigenvalue weighted by atomic mass is 16.6. The monoisotopic (exact) mass is 369 g/mol. The number of rotatable bonds is 6. The zero-order chi connectivity index (χ0) is 19.6. The van der Waals surface area contributed by atoms with Crippen molar-refractivity contribution in [3.63, 3.8) is 0 Å². The Morgan fingerprint density at radius 3 is 2.37 bits per heavy atom. The van der Waals surface area contributed by atoms with Crippen LogP contribution in [0.1, 0.15) is 16.2 Å². The Morgan fingerprint density at radius 1 is 1.11 bits per heavy atom.